The third kappa shape index (κ3) is 2.02. The molecule has 14 heavy (non-hydrogen) atoms. The molecule has 1 aliphatic rings. The van der Waals surface area contributed by atoms with Crippen molar-refractivity contribution in [1.82, 2.24) is 4.90 Å². The first kappa shape index (κ1) is 9.81. The van der Waals surface area contributed by atoms with Gasteiger partial charge in [0.05, 0.1) is 10.7 Å². The Kier molecular flexibility index (Phi) is 2.94. The summed E-state index contributed by atoms with van der Waals surface area (Å²) in [5.41, 5.74) is 1.11. The molecule has 0 unspecified atom stereocenters. The standard InChI is InChI=1S/C11H14ClN2/c1-13-6-8-14(9-7-13)11-5-3-2-4-10(11)12/h2,4-5H,6-9H2,1H3. The Bertz CT molecular complexity index is 306. The molecule has 0 bridgehead atoms. The maximum absolute atomic E-state index is 6.12. The average Bonchev–Trinajstić information content (AvgIpc) is 2.20. The zero-order chi connectivity index (χ0) is 9.97. The van der Waals surface area contributed by atoms with Crippen LogP contribution in [-0.4, -0.2) is 38.1 Å². The molecule has 0 saturated carbocycles. The van der Waals surface area contributed by atoms with Crippen molar-refractivity contribution in [2.24, 2.45) is 0 Å². The summed E-state index contributed by atoms with van der Waals surface area (Å²) in [6.45, 7) is 4.30. The molecule has 75 valence electrons. The first-order valence-electron chi connectivity index (χ1n) is 4.86. The molecule has 0 atom stereocenters. The number of rotatable bonds is 1. The number of piperazine rings is 1. The van der Waals surface area contributed by atoms with Gasteiger partial charge in [-0.2, -0.15) is 0 Å². The van der Waals surface area contributed by atoms with E-state index in [0.29, 0.717) is 0 Å². The highest BCUT2D eigenvalue weighted by atomic mass is 35.5. The number of likely N-dealkylation sites (N-methyl/N-ethyl adjacent to an activating group) is 1. The van der Waals surface area contributed by atoms with Crippen molar-refractivity contribution in [2.45, 2.75) is 0 Å². The first-order valence-corrected chi connectivity index (χ1v) is 5.24. The quantitative estimate of drug-likeness (QED) is 0.697. The van der Waals surface area contributed by atoms with Crippen LogP contribution in [0.15, 0.2) is 18.2 Å². The highest BCUT2D eigenvalue weighted by Crippen LogP contribution is 2.25. The smallest absolute Gasteiger partial charge is 0.0640 e. The fraction of sp³-hybridized carbons (Fsp3) is 0.455. The Balaban J connectivity index is 2.12. The van der Waals surface area contributed by atoms with Gasteiger partial charge < -0.3 is 9.80 Å². The molecule has 2 nitrogen and oxygen atoms in total. The minimum atomic E-state index is 0.827. The molecule has 2 rings (SSSR count). The molecule has 0 aliphatic carbocycles. The Morgan fingerprint density at radius 2 is 2.00 bits per heavy atom. The van der Waals surface area contributed by atoms with E-state index >= 15 is 0 Å². The largest absolute Gasteiger partial charge is 0.368 e. The van der Waals surface area contributed by atoms with Crippen molar-refractivity contribution in [3.63, 3.8) is 0 Å². The minimum absolute atomic E-state index is 0.827. The van der Waals surface area contributed by atoms with Gasteiger partial charge in [-0.1, -0.05) is 17.7 Å². The fourth-order valence-electron chi connectivity index (χ4n) is 1.69. The number of benzene rings is 1. The second-order valence-electron chi connectivity index (χ2n) is 3.67. The van der Waals surface area contributed by atoms with Crippen LogP contribution in [0.4, 0.5) is 5.69 Å². The number of nitrogens with zero attached hydrogens (tertiary/aromatic N) is 2. The number of anilines is 1. The van der Waals surface area contributed by atoms with Crippen molar-refractivity contribution in [3.8, 4) is 0 Å². The van der Waals surface area contributed by atoms with Crippen molar-refractivity contribution in [2.75, 3.05) is 38.1 Å². The average molecular weight is 210 g/mol. The van der Waals surface area contributed by atoms with Gasteiger partial charge in [0.15, 0.2) is 0 Å². The van der Waals surface area contributed by atoms with E-state index in [-0.39, 0.29) is 0 Å². The Morgan fingerprint density at radius 3 is 2.64 bits per heavy atom. The molecule has 1 radical (unpaired) electrons. The van der Waals surface area contributed by atoms with Gasteiger partial charge in [0.2, 0.25) is 0 Å². The monoisotopic (exact) mass is 209 g/mol. The van der Waals surface area contributed by atoms with Crippen LogP contribution >= 0.6 is 11.6 Å². The van der Waals surface area contributed by atoms with E-state index in [1.165, 1.54) is 0 Å². The normalized spacial score (nSPS) is 18.6. The van der Waals surface area contributed by atoms with Crippen molar-refractivity contribution >= 4 is 17.3 Å². The molecule has 1 saturated heterocycles. The van der Waals surface area contributed by atoms with Gasteiger partial charge in [-0.15, -0.1) is 0 Å². The van der Waals surface area contributed by atoms with Gasteiger partial charge in [0, 0.05) is 26.2 Å². The third-order valence-corrected chi connectivity index (χ3v) is 2.95. The number of hydrogen-bond acceptors (Lipinski definition) is 2. The highest BCUT2D eigenvalue weighted by molar-refractivity contribution is 6.33. The lowest BCUT2D eigenvalue weighted by Gasteiger charge is -2.34. The molecular formula is C11H14ClN2. The maximum atomic E-state index is 6.12. The predicted molar refractivity (Wildman–Crippen MR) is 60.0 cm³/mol. The Hall–Kier alpha value is -0.730. The maximum Gasteiger partial charge on any atom is 0.0640 e. The second-order valence-corrected chi connectivity index (χ2v) is 4.08. The minimum Gasteiger partial charge on any atom is -0.368 e. The first-order chi connectivity index (χ1) is 6.77. The Labute approximate surface area is 90.1 Å². The molecule has 1 heterocycles. The summed E-state index contributed by atoms with van der Waals surface area (Å²) in [5, 5.41) is 0.827. The highest BCUT2D eigenvalue weighted by Gasteiger charge is 2.15. The zero-order valence-electron chi connectivity index (χ0n) is 8.33. The SMILES string of the molecule is CN1CCN(c2c[c]ccc2Cl)CC1. The number of halogens is 1. The topological polar surface area (TPSA) is 6.48 Å². The second kappa shape index (κ2) is 4.20. The molecule has 1 aromatic rings. The Morgan fingerprint density at radius 1 is 1.29 bits per heavy atom. The molecule has 1 fully saturated rings. The molecule has 1 aromatic carbocycles. The van der Waals surface area contributed by atoms with Crippen LogP contribution in [0.2, 0.25) is 5.02 Å². The zero-order valence-corrected chi connectivity index (χ0v) is 9.09. The van der Waals surface area contributed by atoms with Gasteiger partial charge in [0.1, 0.15) is 0 Å². The molecule has 3 heteroatoms. The van der Waals surface area contributed by atoms with Crippen LogP contribution in [0.25, 0.3) is 0 Å². The van der Waals surface area contributed by atoms with Crippen LogP contribution in [0, 0.1) is 6.07 Å². The van der Waals surface area contributed by atoms with Gasteiger partial charge >= 0.3 is 0 Å². The molecule has 0 N–H and O–H groups in total. The molecule has 0 aromatic heterocycles. The predicted octanol–water partition coefficient (Wildman–Crippen LogP) is 1.89. The summed E-state index contributed by atoms with van der Waals surface area (Å²) in [6, 6.07) is 8.78. The van der Waals surface area contributed by atoms with Gasteiger partial charge in [-0.05, 0) is 25.2 Å². The van der Waals surface area contributed by atoms with E-state index in [1.54, 1.807) is 0 Å². The van der Waals surface area contributed by atoms with Crippen molar-refractivity contribution < 1.29 is 0 Å². The van der Waals surface area contributed by atoms with E-state index < -0.39 is 0 Å². The van der Waals surface area contributed by atoms with Crippen LogP contribution in [0.3, 0.4) is 0 Å². The summed E-state index contributed by atoms with van der Waals surface area (Å²) in [5.74, 6) is 0. The van der Waals surface area contributed by atoms with Crippen LogP contribution in [0.1, 0.15) is 0 Å². The molecule has 0 amide bonds. The van der Waals surface area contributed by atoms with Crippen LogP contribution in [-0.2, 0) is 0 Å². The molecule has 1 aliphatic heterocycles. The van der Waals surface area contributed by atoms with Crippen LogP contribution in [0.5, 0.6) is 0 Å². The van der Waals surface area contributed by atoms with Crippen molar-refractivity contribution in [1.29, 1.82) is 0 Å². The lowest BCUT2D eigenvalue weighted by molar-refractivity contribution is 0.313. The summed E-state index contributed by atoms with van der Waals surface area (Å²) in [4.78, 5) is 4.65. The fourth-order valence-corrected chi connectivity index (χ4v) is 1.93. The summed E-state index contributed by atoms with van der Waals surface area (Å²) in [7, 11) is 2.15. The lowest BCUT2D eigenvalue weighted by Crippen LogP contribution is -2.44. The summed E-state index contributed by atoms with van der Waals surface area (Å²) in [6.07, 6.45) is 0. The summed E-state index contributed by atoms with van der Waals surface area (Å²) < 4.78 is 0. The van der Waals surface area contributed by atoms with E-state index in [0.717, 1.165) is 36.9 Å². The summed E-state index contributed by atoms with van der Waals surface area (Å²) >= 11 is 6.12. The number of hydrogen-bond donors (Lipinski definition) is 0. The van der Waals surface area contributed by atoms with E-state index in [1.807, 2.05) is 18.2 Å². The van der Waals surface area contributed by atoms with Crippen LogP contribution < -0.4 is 4.90 Å². The molecular weight excluding hydrogens is 196 g/mol. The third-order valence-electron chi connectivity index (χ3n) is 2.63. The van der Waals surface area contributed by atoms with Crippen molar-refractivity contribution in [3.05, 3.63) is 29.3 Å². The van der Waals surface area contributed by atoms with E-state index in [4.69, 9.17) is 11.6 Å². The van der Waals surface area contributed by atoms with E-state index in [2.05, 4.69) is 22.9 Å². The van der Waals surface area contributed by atoms with Gasteiger partial charge in [0.25, 0.3) is 0 Å². The van der Waals surface area contributed by atoms with Gasteiger partial charge in [-0.3, -0.25) is 0 Å². The van der Waals surface area contributed by atoms with E-state index in [9.17, 15) is 0 Å². The lowest BCUT2D eigenvalue weighted by atomic mass is 10.2. The molecule has 0 spiro atoms. The van der Waals surface area contributed by atoms with Gasteiger partial charge in [-0.25, -0.2) is 0 Å².